The third-order valence-electron chi connectivity index (χ3n) is 6.27. The van der Waals surface area contributed by atoms with E-state index >= 15 is 4.39 Å². The molecule has 2 amide bonds. The van der Waals surface area contributed by atoms with Crippen molar-refractivity contribution in [2.24, 2.45) is 0 Å². The van der Waals surface area contributed by atoms with Crippen LogP contribution in [0.25, 0.3) is 0 Å². The van der Waals surface area contributed by atoms with E-state index in [2.05, 4.69) is 22.8 Å². The lowest BCUT2D eigenvalue weighted by Gasteiger charge is -2.39. The summed E-state index contributed by atoms with van der Waals surface area (Å²) in [6.07, 6.45) is -0.126. The van der Waals surface area contributed by atoms with E-state index in [0.29, 0.717) is 42.9 Å². The second-order valence-electron chi connectivity index (χ2n) is 8.68. The molecule has 0 spiro atoms. The Bertz CT molecular complexity index is 1200. The normalized spacial score (nSPS) is 18.9. The lowest BCUT2D eigenvalue weighted by Crippen LogP contribution is -2.48. The Morgan fingerprint density at radius 3 is 2.51 bits per heavy atom. The number of anilines is 3. The van der Waals surface area contributed by atoms with Crippen LogP contribution in [0.5, 0.6) is 0 Å². The zero-order valence-corrected chi connectivity index (χ0v) is 19.3. The van der Waals surface area contributed by atoms with Crippen LogP contribution in [-0.4, -0.2) is 49.8 Å². The molecule has 2 aliphatic heterocycles. The molecule has 2 heterocycles. The van der Waals surface area contributed by atoms with Crippen molar-refractivity contribution >= 4 is 29.1 Å². The Labute approximate surface area is 202 Å². The number of nitrogens with one attached hydrogen (secondary N) is 2. The third-order valence-corrected chi connectivity index (χ3v) is 6.27. The first-order valence-electron chi connectivity index (χ1n) is 11.3. The van der Waals surface area contributed by atoms with Gasteiger partial charge in [-0.05, 0) is 42.5 Å². The predicted octanol–water partition coefficient (Wildman–Crippen LogP) is 3.13. The topological polar surface area (TPSA) is 121 Å². The molecule has 2 saturated heterocycles. The molecule has 2 aromatic rings. The van der Waals surface area contributed by atoms with E-state index in [4.69, 9.17) is 10.00 Å². The number of halogens is 1. The average Bonchev–Trinajstić information content (AvgIpc) is 3.24. The van der Waals surface area contributed by atoms with Gasteiger partial charge in [-0.25, -0.2) is 9.18 Å². The first kappa shape index (κ1) is 23.8. The zero-order chi connectivity index (χ0) is 25.0. The maximum Gasteiger partial charge on any atom is 0.414 e. The molecule has 10 heteroatoms. The van der Waals surface area contributed by atoms with Gasteiger partial charge in [0.05, 0.1) is 42.2 Å². The highest BCUT2D eigenvalue weighted by Crippen LogP contribution is 2.33. The standard InChI is InChI=1S/C25H25FN6O3/c1-17(33)29-14-21-15-32(24(34)35-21)20-6-7-23(22(26)12-20)31-10-8-25(16-28,9-11-31)30-19-4-2-18(13-27)3-5-19/h2-7,12,21,30H,8-11,14-15H2,1H3,(H,29,33)/t21-/m0/s1. The molecule has 1 atom stereocenters. The number of amides is 2. The molecule has 180 valence electrons. The second-order valence-corrected chi connectivity index (χ2v) is 8.68. The molecule has 9 nitrogen and oxygen atoms in total. The third kappa shape index (κ3) is 5.28. The number of hydrogen-bond donors (Lipinski definition) is 2. The average molecular weight is 477 g/mol. The maximum absolute atomic E-state index is 15.1. The summed E-state index contributed by atoms with van der Waals surface area (Å²) in [4.78, 5) is 26.5. The molecule has 4 rings (SSSR count). The van der Waals surface area contributed by atoms with Gasteiger partial charge < -0.3 is 20.3 Å². The van der Waals surface area contributed by atoms with Crippen molar-refractivity contribution in [2.75, 3.05) is 41.3 Å². The molecule has 0 aromatic heterocycles. The molecule has 0 saturated carbocycles. The number of benzene rings is 2. The number of cyclic esters (lactones) is 1. The Morgan fingerprint density at radius 2 is 1.91 bits per heavy atom. The SMILES string of the molecule is CC(=O)NC[C@H]1CN(c2ccc(N3CCC(C#N)(Nc4ccc(C#N)cc4)CC3)c(F)c2)C(=O)O1. The first-order valence-corrected chi connectivity index (χ1v) is 11.3. The minimum absolute atomic E-state index is 0.197. The lowest BCUT2D eigenvalue weighted by atomic mass is 9.88. The summed E-state index contributed by atoms with van der Waals surface area (Å²) in [6, 6.07) is 16.0. The number of nitrogens with zero attached hydrogens (tertiary/aromatic N) is 4. The highest BCUT2D eigenvalue weighted by Gasteiger charge is 2.36. The molecular weight excluding hydrogens is 451 g/mol. The van der Waals surface area contributed by atoms with Crippen molar-refractivity contribution in [1.82, 2.24) is 5.32 Å². The summed E-state index contributed by atoms with van der Waals surface area (Å²) < 4.78 is 20.3. The summed E-state index contributed by atoms with van der Waals surface area (Å²) in [5.41, 5.74) is 1.29. The van der Waals surface area contributed by atoms with Crippen LogP contribution in [0.15, 0.2) is 42.5 Å². The van der Waals surface area contributed by atoms with Crippen molar-refractivity contribution in [3.63, 3.8) is 0 Å². The van der Waals surface area contributed by atoms with E-state index in [-0.39, 0.29) is 19.0 Å². The van der Waals surface area contributed by atoms with Crippen molar-refractivity contribution in [3.8, 4) is 12.1 Å². The number of carbonyl (C=O) groups excluding carboxylic acids is 2. The van der Waals surface area contributed by atoms with Crippen LogP contribution in [0.2, 0.25) is 0 Å². The summed E-state index contributed by atoms with van der Waals surface area (Å²) in [6.45, 7) is 2.73. The van der Waals surface area contributed by atoms with Crippen LogP contribution in [0.1, 0.15) is 25.3 Å². The molecular formula is C25H25FN6O3. The lowest BCUT2D eigenvalue weighted by molar-refractivity contribution is -0.119. The van der Waals surface area contributed by atoms with Crippen LogP contribution in [0.4, 0.5) is 26.2 Å². The van der Waals surface area contributed by atoms with Crippen LogP contribution in [0.3, 0.4) is 0 Å². The van der Waals surface area contributed by atoms with Gasteiger partial charge >= 0.3 is 6.09 Å². The van der Waals surface area contributed by atoms with Gasteiger partial charge in [0, 0.05) is 38.5 Å². The van der Waals surface area contributed by atoms with E-state index in [9.17, 15) is 14.9 Å². The van der Waals surface area contributed by atoms with Crippen LogP contribution in [-0.2, 0) is 9.53 Å². The van der Waals surface area contributed by atoms with Crippen molar-refractivity contribution in [1.29, 1.82) is 10.5 Å². The van der Waals surface area contributed by atoms with Gasteiger partial charge in [0.1, 0.15) is 17.5 Å². The summed E-state index contributed by atoms with van der Waals surface area (Å²) in [5.74, 6) is -0.686. The quantitative estimate of drug-likeness (QED) is 0.657. The molecule has 0 unspecified atom stereocenters. The fourth-order valence-electron chi connectivity index (χ4n) is 4.31. The number of ether oxygens (including phenoxy) is 1. The Morgan fingerprint density at radius 1 is 1.20 bits per heavy atom. The van der Waals surface area contributed by atoms with Gasteiger partial charge in [-0.3, -0.25) is 9.69 Å². The Kier molecular flexibility index (Phi) is 6.74. The van der Waals surface area contributed by atoms with Crippen molar-refractivity contribution < 1.29 is 18.7 Å². The van der Waals surface area contributed by atoms with Gasteiger partial charge in [-0.15, -0.1) is 0 Å². The van der Waals surface area contributed by atoms with Gasteiger partial charge in [0.25, 0.3) is 0 Å². The molecule has 2 aliphatic rings. The van der Waals surface area contributed by atoms with Gasteiger partial charge in [-0.2, -0.15) is 10.5 Å². The van der Waals surface area contributed by atoms with Crippen molar-refractivity contribution in [2.45, 2.75) is 31.4 Å². The zero-order valence-electron chi connectivity index (χ0n) is 19.3. The smallest absolute Gasteiger partial charge is 0.414 e. The van der Waals surface area contributed by atoms with E-state index in [1.807, 2.05) is 4.90 Å². The molecule has 0 bridgehead atoms. The Hall–Kier alpha value is -4.31. The summed E-state index contributed by atoms with van der Waals surface area (Å²) in [5, 5.41) is 24.7. The predicted molar refractivity (Wildman–Crippen MR) is 127 cm³/mol. The van der Waals surface area contributed by atoms with E-state index in [1.54, 1.807) is 36.4 Å². The molecule has 2 N–H and O–H groups in total. The first-order chi connectivity index (χ1) is 16.8. The van der Waals surface area contributed by atoms with Crippen LogP contribution >= 0.6 is 0 Å². The number of rotatable bonds is 6. The van der Waals surface area contributed by atoms with Gasteiger partial charge in [0.2, 0.25) is 5.91 Å². The largest absolute Gasteiger partial charge is 0.442 e. The fourth-order valence-corrected chi connectivity index (χ4v) is 4.31. The molecule has 0 radical (unpaired) electrons. The highest BCUT2D eigenvalue weighted by molar-refractivity contribution is 5.90. The molecule has 2 fully saturated rings. The minimum atomic E-state index is -0.788. The highest BCUT2D eigenvalue weighted by atomic mass is 19.1. The number of hydrogen-bond acceptors (Lipinski definition) is 7. The van der Waals surface area contributed by atoms with Gasteiger partial charge in [-0.1, -0.05) is 0 Å². The van der Waals surface area contributed by atoms with Crippen molar-refractivity contribution in [3.05, 3.63) is 53.8 Å². The Balaban J connectivity index is 1.40. The number of piperidine rings is 1. The fraction of sp³-hybridized carbons (Fsp3) is 0.360. The van der Waals surface area contributed by atoms with Crippen LogP contribution < -0.4 is 20.4 Å². The molecule has 35 heavy (non-hydrogen) atoms. The number of nitriles is 2. The second kappa shape index (κ2) is 9.90. The molecule has 0 aliphatic carbocycles. The van der Waals surface area contributed by atoms with E-state index < -0.39 is 23.6 Å². The maximum atomic E-state index is 15.1. The number of carbonyl (C=O) groups is 2. The van der Waals surface area contributed by atoms with Crippen LogP contribution in [0, 0.1) is 28.5 Å². The monoisotopic (exact) mass is 476 g/mol. The summed E-state index contributed by atoms with van der Waals surface area (Å²) >= 11 is 0. The molecule has 2 aromatic carbocycles. The minimum Gasteiger partial charge on any atom is -0.442 e. The van der Waals surface area contributed by atoms with E-state index in [1.165, 1.54) is 17.9 Å². The summed E-state index contributed by atoms with van der Waals surface area (Å²) in [7, 11) is 0. The van der Waals surface area contributed by atoms with Gasteiger partial charge in [0.15, 0.2) is 0 Å². The van der Waals surface area contributed by atoms with E-state index in [0.717, 1.165) is 5.69 Å².